The smallest absolute Gasteiger partial charge is 0.327 e. The molecule has 1 aromatic carbocycles. The Morgan fingerprint density at radius 3 is 2.60 bits per heavy atom. The van der Waals surface area contributed by atoms with Gasteiger partial charge >= 0.3 is 7.48 Å². The van der Waals surface area contributed by atoms with Crippen molar-refractivity contribution >= 4 is 12.9 Å². The first-order chi connectivity index (χ1) is 4.88. The highest BCUT2D eigenvalue weighted by Gasteiger charge is 1.97. The SMILES string of the molecule is CCc1ccccc1[B]O. The minimum absolute atomic E-state index is 0.921. The van der Waals surface area contributed by atoms with E-state index in [1.54, 1.807) is 0 Å². The van der Waals surface area contributed by atoms with Crippen molar-refractivity contribution in [2.24, 2.45) is 0 Å². The predicted molar refractivity (Wildman–Crippen MR) is 43.4 cm³/mol. The minimum Gasteiger partial charge on any atom is -0.450 e. The molecule has 0 aromatic heterocycles. The largest absolute Gasteiger partial charge is 0.450 e. The van der Waals surface area contributed by atoms with Crippen LogP contribution in [0.2, 0.25) is 0 Å². The molecule has 10 heavy (non-hydrogen) atoms. The number of hydrogen-bond donors (Lipinski definition) is 1. The Morgan fingerprint density at radius 2 is 2.10 bits per heavy atom. The first kappa shape index (κ1) is 7.35. The Labute approximate surface area is 62.0 Å². The van der Waals surface area contributed by atoms with Crippen molar-refractivity contribution in [3.05, 3.63) is 29.8 Å². The van der Waals surface area contributed by atoms with E-state index in [1.165, 1.54) is 5.56 Å². The first-order valence-electron chi connectivity index (χ1n) is 3.43. The van der Waals surface area contributed by atoms with E-state index in [-0.39, 0.29) is 0 Å². The van der Waals surface area contributed by atoms with Crippen molar-refractivity contribution in [3.63, 3.8) is 0 Å². The number of benzene rings is 1. The average molecular weight is 133 g/mol. The van der Waals surface area contributed by atoms with Gasteiger partial charge in [0.2, 0.25) is 0 Å². The zero-order valence-electron chi connectivity index (χ0n) is 6.04. The van der Waals surface area contributed by atoms with Crippen LogP contribution in [-0.2, 0) is 6.42 Å². The second kappa shape index (κ2) is 3.42. The summed E-state index contributed by atoms with van der Waals surface area (Å²) in [5, 5.41) is 8.72. The maximum Gasteiger partial charge on any atom is 0.327 e. The molecule has 0 heterocycles. The summed E-state index contributed by atoms with van der Waals surface area (Å²) < 4.78 is 0. The Kier molecular flexibility index (Phi) is 2.52. The molecule has 0 bridgehead atoms. The van der Waals surface area contributed by atoms with Gasteiger partial charge in [0, 0.05) is 0 Å². The van der Waals surface area contributed by atoms with Crippen LogP contribution in [0.15, 0.2) is 24.3 Å². The third kappa shape index (κ3) is 1.39. The van der Waals surface area contributed by atoms with Gasteiger partial charge < -0.3 is 5.02 Å². The van der Waals surface area contributed by atoms with E-state index in [0.717, 1.165) is 19.4 Å². The van der Waals surface area contributed by atoms with Crippen LogP contribution < -0.4 is 5.46 Å². The molecule has 0 unspecified atom stereocenters. The molecule has 0 amide bonds. The molecular formula is C8H10BO. The van der Waals surface area contributed by atoms with E-state index in [2.05, 4.69) is 6.92 Å². The lowest BCUT2D eigenvalue weighted by Crippen LogP contribution is -2.17. The molecule has 0 aliphatic heterocycles. The highest BCUT2D eigenvalue weighted by Crippen LogP contribution is 1.94. The second-order valence-electron chi connectivity index (χ2n) is 2.18. The minimum atomic E-state index is 0.921. The van der Waals surface area contributed by atoms with E-state index in [0.29, 0.717) is 0 Å². The summed E-state index contributed by atoms with van der Waals surface area (Å²) in [6.07, 6.45) is 0.966. The normalized spacial score (nSPS) is 9.40. The Hall–Kier alpha value is -0.755. The highest BCUT2D eigenvalue weighted by molar-refractivity contribution is 6.46. The molecule has 51 valence electrons. The number of aryl methyl sites for hydroxylation is 1. The van der Waals surface area contributed by atoms with Crippen LogP contribution in [0, 0.1) is 0 Å². The van der Waals surface area contributed by atoms with Crippen molar-refractivity contribution in [3.8, 4) is 0 Å². The van der Waals surface area contributed by atoms with Crippen LogP contribution in [0.5, 0.6) is 0 Å². The summed E-state index contributed by atoms with van der Waals surface area (Å²) in [4.78, 5) is 0. The number of hydrogen-bond acceptors (Lipinski definition) is 1. The summed E-state index contributed by atoms with van der Waals surface area (Å²) in [5.41, 5.74) is 2.11. The maximum atomic E-state index is 8.72. The highest BCUT2D eigenvalue weighted by atomic mass is 16.2. The molecule has 0 saturated heterocycles. The third-order valence-electron chi connectivity index (χ3n) is 1.58. The van der Waals surface area contributed by atoms with Gasteiger partial charge in [-0.05, 0) is 6.42 Å². The summed E-state index contributed by atoms with van der Waals surface area (Å²) >= 11 is 0. The number of rotatable bonds is 2. The zero-order chi connectivity index (χ0) is 7.40. The molecule has 0 saturated carbocycles. The van der Waals surface area contributed by atoms with Crippen LogP contribution in [0.25, 0.3) is 0 Å². The fourth-order valence-electron chi connectivity index (χ4n) is 0.982. The lowest BCUT2D eigenvalue weighted by atomic mass is 9.84. The van der Waals surface area contributed by atoms with E-state index >= 15 is 0 Å². The maximum absolute atomic E-state index is 8.72. The second-order valence-corrected chi connectivity index (χ2v) is 2.18. The van der Waals surface area contributed by atoms with Gasteiger partial charge in [0.25, 0.3) is 0 Å². The molecule has 0 aliphatic rings. The van der Waals surface area contributed by atoms with Gasteiger partial charge in [0.15, 0.2) is 0 Å². The first-order valence-corrected chi connectivity index (χ1v) is 3.43. The molecule has 1 radical (unpaired) electrons. The average Bonchev–Trinajstić information content (AvgIpc) is 2.04. The van der Waals surface area contributed by atoms with Gasteiger partial charge in [-0.3, -0.25) is 0 Å². The van der Waals surface area contributed by atoms with Gasteiger partial charge in [-0.2, -0.15) is 0 Å². The monoisotopic (exact) mass is 133 g/mol. The van der Waals surface area contributed by atoms with Gasteiger partial charge in [-0.15, -0.1) is 0 Å². The molecule has 1 nitrogen and oxygen atoms in total. The van der Waals surface area contributed by atoms with Crippen molar-refractivity contribution < 1.29 is 5.02 Å². The van der Waals surface area contributed by atoms with Crippen molar-refractivity contribution in [2.75, 3.05) is 0 Å². The molecular weight excluding hydrogens is 123 g/mol. The van der Waals surface area contributed by atoms with Gasteiger partial charge in [-0.1, -0.05) is 42.2 Å². The lowest BCUT2D eigenvalue weighted by molar-refractivity contribution is 0.615. The summed E-state index contributed by atoms with van der Waals surface area (Å²) in [6.45, 7) is 2.07. The molecule has 0 atom stereocenters. The van der Waals surface area contributed by atoms with E-state index in [9.17, 15) is 0 Å². The Balaban J connectivity index is 2.96. The molecule has 1 rings (SSSR count). The van der Waals surface area contributed by atoms with Crippen LogP contribution in [-0.4, -0.2) is 12.5 Å². The van der Waals surface area contributed by atoms with Gasteiger partial charge in [0.05, 0.1) is 0 Å². The topological polar surface area (TPSA) is 20.2 Å². The third-order valence-corrected chi connectivity index (χ3v) is 1.58. The van der Waals surface area contributed by atoms with Crippen LogP contribution >= 0.6 is 0 Å². The fourth-order valence-corrected chi connectivity index (χ4v) is 0.982. The van der Waals surface area contributed by atoms with Crippen LogP contribution in [0.1, 0.15) is 12.5 Å². The van der Waals surface area contributed by atoms with Crippen molar-refractivity contribution in [1.82, 2.24) is 0 Å². The molecule has 2 heteroatoms. The molecule has 1 aromatic rings. The van der Waals surface area contributed by atoms with Crippen LogP contribution in [0.4, 0.5) is 0 Å². The van der Waals surface area contributed by atoms with E-state index in [1.807, 2.05) is 24.3 Å². The van der Waals surface area contributed by atoms with Crippen LogP contribution in [0.3, 0.4) is 0 Å². The predicted octanol–water partition coefficient (Wildman–Crippen LogP) is 0.486. The van der Waals surface area contributed by atoms with Crippen molar-refractivity contribution in [2.45, 2.75) is 13.3 Å². The Bertz CT molecular complexity index is 187. The summed E-state index contributed by atoms with van der Waals surface area (Å²) in [7, 11) is 1.15. The van der Waals surface area contributed by atoms with E-state index < -0.39 is 0 Å². The van der Waals surface area contributed by atoms with Gasteiger partial charge in [0.1, 0.15) is 0 Å². The standard InChI is InChI=1S/C8H10BO/c1-2-7-5-3-4-6-8(7)9-10/h3-6,10H,2H2,1H3. The molecule has 0 fully saturated rings. The molecule has 0 aliphatic carbocycles. The van der Waals surface area contributed by atoms with Crippen molar-refractivity contribution in [1.29, 1.82) is 0 Å². The fraction of sp³-hybridized carbons (Fsp3) is 0.250. The molecule has 1 N–H and O–H groups in total. The van der Waals surface area contributed by atoms with E-state index in [4.69, 9.17) is 5.02 Å². The quantitative estimate of drug-likeness (QED) is 0.582. The van der Waals surface area contributed by atoms with Gasteiger partial charge in [-0.25, -0.2) is 0 Å². The lowest BCUT2D eigenvalue weighted by Gasteiger charge is -2.00. The molecule has 0 spiro atoms. The Morgan fingerprint density at radius 1 is 1.40 bits per heavy atom. The zero-order valence-corrected chi connectivity index (χ0v) is 6.04. The summed E-state index contributed by atoms with van der Waals surface area (Å²) in [6, 6.07) is 7.81. The summed E-state index contributed by atoms with van der Waals surface area (Å²) in [5.74, 6) is 0.